The molecule has 0 unspecified atom stereocenters. The van der Waals surface area contributed by atoms with Gasteiger partial charge < -0.3 is 9.47 Å². The van der Waals surface area contributed by atoms with Gasteiger partial charge in [-0.25, -0.2) is 4.39 Å². The van der Waals surface area contributed by atoms with Gasteiger partial charge in [0.05, 0.1) is 19.1 Å². The van der Waals surface area contributed by atoms with Crippen LogP contribution in [0.15, 0.2) is 41.3 Å². The highest BCUT2D eigenvalue weighted by atomic mass is 32.2. The molecule has 2 aromatic rings. The number of nitrogens with zero attached hydrogens (tertiary/aromatic N) is 1. The zero-order valence-electron chi connectivity index (χ0n) is 14.6. The van der Waals surface area contributed by atoms with Gasteiger partial charge in [-0.15, -0.1) is 0 Å². The lowest BCUT2D eigenvalue weighted by atomic mass is 10.1. The van der Waals surface area contributed by atoms with Crippen molar-refractivity contribution >= 4 is 11.8 Å². The maximum absolute atomic E-state index is 13.8. The molecule has 8 heteroatoms. The number of thioether (sulfide) groups is 1. The number of hydrogen-bond donors (Lipinski definition) is 0. The summed E-state index contributed by atoms with van der Waals surface area (Å²) in [6.07, 6.45) is 0. The normalized spacial score (nSPS) is 11.7. The van der Waals surface area contributed by atoms with Gasteiger partial charge in [0.1, 0.15) is 5.75 Å². The Morgan fingerprint density at radius 2 is 1.46 bits per heavy atom. The van der Waals surface area contributed by atoms with Gasteiger partial charge in [-0.3, -0.25) is 4.90 Å². The average molecular weight is 389 g/mol. The first-order valence-electron chi connectivity index (χ1n) is 7.65. The van der Waals surface area contributed by atoms with Gasteiger partial charge in [0.2, 0.25) is 0 Å². The molecule has 26 heavy (non-hydrogen) atoms. The summed E-state index contributed by atoms with van der Waals surface area (Å²) < 4.78 is 61.7. The second-order valence-corrected chi connectivity index (χ2v) is 6.78. The summed E-state index contributed by atoms with van der Waals surface area (Å²) in [7, 11) is 4.53. The van der Waals surface area contributed by atoms with Crippen LogP contribution in [0.1, 0.15) is 11.1 Å². The van der Waals surface area contributed by atoms with Crippen LogP contribution in [0.5, 0.6) is 11.5 Å². The van der Waals surface area contributed by atoms with Crippen molar-refractivity contribution in [3.05, 3.63) is 53.3 Å². The smallest absolute Gasteiger partial charge is 0.446 e. The third-order valence-electron chi connectivity index (χ3n) is 3.57. The van der Waals surface area contributed by atoms with Crippen LogP contribution in [-0.4, -0.2) is 31.7 Å². The van der Waals surface area contributed by atoms with E-state index in [1.807, 2.05) is 11.9 Å². The SMILES string of the molecule is COc1ccc(CN(C)Cc2ccc(OC)c(SC(F)(F)F)c2)cc1F. The molecule has 2 aromatic carbocycles. The van der Waals surface area contributed by atoms with Crippen LogP contribution in [0.25, 0.3) is 0 Å². The Hall–Kier alpha value is -1.93. The van der Waals surface area contributed by atoms with Crippen molar-refractivity contribution in [2.75, 3.05) is 21.3 Å². The number of halogens is 4. The molecular formula is C18H19F4NO2S. The maximum Gasteiger partial charge on any atom is 0.446 e. The van der Waals surface area contributed by atoms with E-state index in [0.717, 1.165) is 5.56 Å². The molecule has 0 saturated carbocycles. The second-order valence-electron chi connectivity index (χ2n) is 5.67. The fourth-order valence-electron chi connectivity index (χ4n) is 2.51. The molecule has 0 heterocycles. The number of rotatable bonds is 7. The van der Waals surface area contributed by atoms with E-state index < -0.39 is 11.3 Å². The topological polar surface area (TPSA) is 21.7 Å². The van der Waals surface area contributed by atoms with Gasteiger partial charge in [-0.1, -0.05) is 12.1 Å². The number of hydrogen-bond acceptors (Lipinski definition) is 4. The van der Waals surface area contributed by atoms with Crippen LogP contribution in [0.4, 0.5) is 17.6 Å². The fraction of sp³-hybridized carbons (Fsp3) is 0.333. The monoisotopic (exact) mass is 389 g/mol. The number of ether oxygens (including phenoxy) is 2. The first kappa shape index (κ1) is 20.4. The first-order valence-corrected chi connectivity index (χ1v) is 8.47. The highest BCUT2D eigenvalue weighted by molar-refractivity contribution is 8.00. The predicted molar refractivity (Wildman–Crippen MR) is 93.0 cm³/mol. The lowest BCUT2D eigenvalue weighted by molar-refractivity contribution is -0.0328. The number of alkyl halides is 3. The fourth-order valence-corrected chi connectivity index (χ4v) is 3.22. The van der Waals surface area contributed by atoms with E-state index in [2.05, 4.69) is 0 Å². The van der Waals surface area contributed by atoms with Gasteiger partial charge in [-0.2, -0.15) is 13.2 Å². The van der Waals surface area contributed by atoms with Crippen LogP contribution < -0.4 is 9.47 Å². The van der Waals surface area contributed by atoms with Crippen molar-refractivity contribution in [3.8, 4) is 11.5 Å². The Kier molecular flexibility index (Phi) is 6.77. The van der Waals surface area contributed by atoms with Crippen molar-refractivity contribution in [1.29, 1.82) is 0 Å². The molecule has 0 spiro atoms. The Bertz CT molecular complexity index is 752. The summed E-state index contributed by atoms with van der Waals surface area (Å²) in [6.45, 7) is 0.845. The van der Waals surface area contributed by atoms with Crippen molar-refractivity contribution in [2.24, 2.45) is 0 Å². The molecule has 0 aliphatic rings. The second kappa shape index (κ2) is 8.64. The van der Waals surface area contributed by atoms with Crippen LogP contribution >= 0.6 is 11.8 Å². The number of benzene rings is 2. The van der Waals surface area contributed by atoms with E-state index in [1.165, 1.54) is 32.4 Å². The van der Waals surface area contributed by atoms with E-state index in [-0.39, 0.29) is 28.2 Å². The van der Waals surface area contributed by atoms with Crippen molar-refractivity contribution in [1.82, 2.24) is 4.90 Å². The molecule has 0 aromatic heterocycles. The minimum atomic E-state index is -4.39. The Morgan fingerprint density at radius 3 is 1.96 bits per heavy atom. The molecule has 3 nitrogen and oxygen atoms in total. The molecule has 0 amide bonds. The lowest BCUT2D eigenvalue weighted by Crippen LogP contribution is -2.17. The first-order chi connectivity index (χ1) is 12.2. The van der Waals surface area contributed by atoms with E-state index in [4.69, 9.17) is 9.47 Å². The third-order valence-corrected chi connectivity index (χ3v) is 4.35. The van der Waals surface area contributed by atoms with Crippen molar-refractivity contribution in [2.45, 2.75) is 23.5 Å². The zero-order valence-corrected chi connectivity index (χ0v) is 15.4. The average Bonchev–Trinajstić information content (AvgIpc) is 2.53. The maximum atomic E-state index is 13.8. The molecule has 0 radical (unpaired) electrons. The quantitative estimate of drug-likeness (QED) is 0.486. The van der Waals surface area contributed by atoms with Gasteiger partial charge in [0.25, 0.3) is 0 Å². The van der Waals surface area contributed by atoms with Crippen LogP contribution in [0.3, 0.4) is 0 Å². The summed E-state index contributed by atoms with van der Waals surface area (Å²) >= 11 is -0.204. The number of methoxy groups -OCH3 is 2. The standard InChI is InChI=1S/C18H19F4NO2S/c1-23(10-12-4-6-15(24-2)14(19)8-12)11-13-5-7-16(25-3)17(9-13)26-18(20,21)22/h4-9H,10-11H2,1-3H3. The largest absolute Gasteiger partial charge is 0.496 e. The summed E-state index contributed by atoms with van der Waals surface area (Å²) in [5.74, 6) is -0.108. The van der Waals surface area contributed by atoms with Gasteiger partial charge >= 0.3 is 5.51 Å². The minimum absolute atomic E-state index is 0.0152. The van der Waals surface area contributed by atoms with Crippen molar-refractivity contribution in [3.63, 3.8) is 0 Å². The molecule has 0 saturated heterocycles. The van der Waals surface area contributed by atoms with Gasteiger partial charge in [0, 0.05) is 13.1 Å². The van der Waals surface area contributed by atoms with E-state index in [0.29, 0.717) is 18.7 Å². The summed E-state index contributed by atoms with van der Waals surface area (Å²) in [6, 6.07) is 9.37. The molecule has 0 N–H and O–H groups in total. The molecule has 0 aliphatic carbocycles. The Morgan fingerprint density at radius 1 is 0.923 bits per heavy atom. The summed E-state index contributed by atoms with van der Waals surface area (Å²) in [5.41, 5.74) is -2.95. The molecule has 0 bridgehead atoms. The Labute approximate surface area is 153 Å². The van der Waals surface area contributed by atoms with E-state index in [1.54, 1.807) is 18.2 Å². The highest BCUT2D eigenvalue weighted by Gasteiger charge is 2.31. The minimum Gasteiger partial charge on any atom is -0.496 e. The van der Waals surface area contributed by atoms with Crippen LogP contribution in [-0.2, 0) is 13.1 Å². The molecule has 0 fully saturated rings. The molecular weight excluding hydrogens is 370 g/mol. The molecule has 0 aliphatic heterocycles. The van der Waals surface area contributed by atoms with Crippen LogP contribution in [0, 0.1) is 5.82 Å². The Balaban J connectivity index is 2.09. The van der Waals surface area contributed by atoms with Crippen molar-refractivity contribution < 1.29 is 27.0 Å². The third kappa shape index (κ3) is 5.81. The summed E-state index contributed by atoms with van der Waals surface area (Å²) in [4.78, 5) is 1.90. The van der Waals surface area contributed by atoms with Crippen LogP contribution in [0.2, 0.25) is 0 Å². The lowest BCUT2D eigenvalue weighted by Gasteiger charge is -2.18. The summed E-state index contributed by atoms with van der Waals surface area (Å²) in [5, 5.41) is 0. The van der Waals surface area contributed by atoms with E-state index >= 15 is 0 Å². The van der Waals surface area contributed by atoms with Gasteiger partial charge in [0.15, 0.2) is 11.6 Å². The van der Waals surface area contributed by atoms with Gasteiger partial charge in [-0.05, 0) is 54.2 Å². The van der Waals surface area contributed by atoms with E-state index in [9.17, 15) is 17.6 Å². The predicted octanol–water partition coefficient (Wildman–Crippen LogP) is 5.09. The highest BCUT2D eigenvalue weighted by Crippen LogP contribution is 2.41. The molecule has 0 atom stereocenters. The molecule has 142 valence electrons. The zero-order chi connectivity index (χ0) is 19.3. The molecule has 2 rings (SSSR count).